The van der Waals surface area contributed by atoms with Crippen molar-refractivity contribution in [3.8, 4) is 0 Å². The standard InChI is InChI=1S/C15H25ClN2S/c1-11(2)8-18(9-14-5-4-6-17-14)12(3)13-7-15(16)19-10-13/h7,10-12,14,17H,4-6,8-9H2,1-3H3. The van der Waals surface area contributed by atoms with Crippen molar-refractivity contribution in [2.75, 3.05) is 19.6 Å². The molecule has 2 unspecified atom stereocenters. The van der Waals surface area contributed by atoms with E-state index in [-0.39, 0.29) is 0 Å². The smallest absolute Gasteiger partial charge is 0.0931 e. The van der Waals surface area contributed by atoms with Gasteiger partial charge in [0.2, 0.25) is 0 Å². The van der Waals surface area contributed by atoms with Crippen LogP contribution in [0.1, 0.15) is 45.2 Å². The summed E-state index contributed by atoms with van der Waals surface area (Å²) in [6.07, 6.45) is 2.63. The molecule has 0 spiro atoms. The van der Waals surface area contributed by atoms with E-state index in [9.17, 15) is 0 Å². The van der Waals surface area contributed by atoms with E-state index in [1.54, 1.807) is 11.3 Å². The Morgan fingerprint density at radius 2 is 2.26 bits per heavy atom. The van der Waals surface area contributed by atoms with Gasteiger partial charge < -0.3 is 5.32 Å². The zero-order chi connectivity index (χ0) is 13.8. The van der Waals surface area contributed by atoms with E-state index in [0.717, 1.165) is 17.4 Å². The molecule has 2 heterocycles. The molecule has 0 saturated carbocycles. The first-order chi connectivity index (χ1) is 9.06. The summed E-state index contributed by atoms with van der Waals surface area (Å²) < 4.78 is 0.894. The maximum atomic E-state index is 6.07. The van der Waals surface area contributed by atoms with Crippen LogP contribution >= 0.6 is 22.9 Å². The van der Waals surface area contributed by atoms with Gasteiger partial charge in [-0.1, -0.05) is 25.4 Å². The molecule has 0 aromatic carbocycles. The third kappa shape index (κ3) is 4.45. The van der Waals surface area contributed by atoms with Crippen molar-refractivity contribution in [3.05, 3.63) is 21.3 Å². The van der Waals surface area contributed by atoms with Gasteiger partial charge in [-0.3, -0.25) is 4.90 Å². The number of hydrogen-bond acceptors (Lipinski definition) is 3. The lowest BCUT2D eigenvalue weighted by Gasteiger charge is -2.32. The maximum absolute atomic E-state index is 6.07. The van der Waals surface area contributed by atoms with Gasteiger partial charge in [-0.15, -0.1) is 11.3 Å². The fraction of sp³-hybridized carbons (Fsp3) is 0.733. The van der Waals surface area contributed by atoms with Gasteiger partial charge >= 0.3 is 0 Å². The Morgan fingerprint density at radius 1 is 1.47 bits per heavy atom. The first kappa shape index (κ1) is 15.3. The number of hydrogen-bond donors (Lipinski definition) is 1. The van der Waals surface area contributed by atoms with Crippen LogP contribution in [-0.4, -0.2) is 30.6 Å². The number of nitrogens with one attached hydrogen (secondary N) is 1. The molecule has 2 atom stereocenters. The summed E-state index contributed by atoms with van der Waals surface area (Å²) in [7, 11) is 0. The molecule has 0 radical (unpaired) electrons. The molecule has 0 bridgehead atoms. The second-order valence-electron chi connectivity index (χ2n) is 6.00. The second-order valence-corrected chi connectivity index (χ2v) is 7.54. The molecular weight excluding hydrogens is 276 g/mol. The molecule has 108 valence electrons. The molecule has 2 rings (SSSR count). The summed E-state index contributed by atoms with van der Waals surface area (Å²) in [5, 5.41) is 5.80. The lowest BCUT2D eigenvalue weighted by atomic mass is 10.1. The Balaban J connectivity index is 2.02. The summed E-state index contributed by atoms with van der Waals surface area (Å²) in [5.74, 6) is 0.693. The van der Waals surface area contributed by atoms with E-state index in [4.69, 9.17) is 11.6 Å². The van der Waals surface area contributed by atoms with Crippen LogP contribution in [0.4, 0.5) is 0 Å². The van der Waals surface area contributed by atoms with Gasteiger partial charge in [0, 0.05) is 25.2 Å². The summed E-state index contributed by atoms with van der Waals surface area (Å²) in [6, 6.07) is 3.23. The monoisotopic (exact) mass is 300 g/mol. The predicted octanol–water partition coefficient (Wildman–Crippen LogP) is 4.17. The normalized spacial score (nSPS) is 21.5. The van der Waals surface area contributed by atoms with E-state index >= 15 is 0 Å². The van der Waals surface area contributed by atoms with Gasteiger partial charge in [0.15, 0.2) is 0 Å². The Kier molecular flexibility index (Phi) is 5.70. The van der Waals surface area contributed by atoms with Crippen molar-refractivity contribution in [1.29, 1.82) is 0 Å². The van der Waals surface area contributed by atoms with Crippen molar-refractivity contribution < 1.29 is 0 Å². The van der Waals surface area contributed by atoms with Gasteiger partial charge in [-0.2, -0.15) is 0 Å². The van der Waals surface area contributed by atoms with Crippen LogP contribution in [0.15, 0.2) is 11.4 Å². The number of thiophene rings is 1. The minimum absolute atomic E-state index is 0.452. The lowest BCUT2D eigenvalue weighted by Crippen LogP contribution is -2.40. The molecule has 1 aromatic rings. The Hall–Kier alpha value is -0.0900. The van der Waals surface area contributed by atoms with E-state index in [0.29, 0.717) is 18.0 Å². The van der Waals surface area contributed by atoms with Gasteiger partial charge in [0.25, 0.3) is 0 Å². The summed E-state index contributed by atoms with van der Waals surface area (Å²) in [5.41, 5.74) is 1.36. The Labute approximate surface area is 126 Å². The van der Waals surface area contributed by atoms with Crippen molar-refractivity contribution in [3.63, 3.8) is 0 Å². The molecule has 0 aliphatic carbocycles. The fourth-order valence-corrected chi connectivity index (χ4v) is 3.79. The summed E-state index contributed by atoms with van der Waals surface area (Å²) >= 11 is 7.71. The van der Waals surface area contributed by atoms with Crippen LogP contribution in [0.25, 0.3) is 0 Å². The highest BCUT2D eigenvalue weighted by Gasteiger charge is 2.23. The maximum Gasteiger partial charge on any atom is 0.0931 e. The fourth-order valence-electron chi connectivity index (χ4n) is 2.81. The SMILES string of the molecule is CC(C)CN(CC1CCCN1)C(C)c1csc(Cl)c1. The molecule has 1 aliphatic heterocycles. The predicted molar refractivity (Wildman–Crippen MR) is 85.2 cm³/mol. The molecule has 1 aliphatic rings. The third-order valence-electron chi connectivity index (χ3n) is 3.83. The molecule has 1 saturated heterocycles. The van der Waals surface area contributed by atoms with Crippen molar-refractivity contribution in [2.45, 2.75) is 45.7 Å². The van der Waals surface area contributed by atoms with E-state index in [1.807, 2.05) is 0 Å². The van der Waals surface area contributed by atoms with Gasteiger partial charge in [-0.25, -0.2) is 0 Å². The first-order valence-corrected chi connectivity index (χ1v) is 8.53. The summed E-state index contributed by atoms with van der Waals surface area (Å²) in [4.78, 5) is 2.60. The molecule has 4 heteroatoms. The van der Waals surface area contributed by atoms with Crippen LogP contribution in [0, 0.1) is 5.92 Å². The van der Waals surface area contributed by atoms with E-state index < -0.39 is 0 Å². The molecule has 2 nitrogen and oxygen atoms in total. The average Bonchev–Trinajstić information content (AvgIpc) is 2.98. The van der Waals surface area contributed by atoms with Crippen LogP contribution < -0.4 is 5.32 Å². The summed E-state index contributed by atoms with van der Waals surface area (Å²) in [6.45, 7) is 10.4. The van der Waals surface area contributed by atoms with Crippen molar-refractivity contribution in [2.24, 2.45) is 5.92 Å². The average molecular weight is 301 g/mol. The molecular formula is C15H25ClN2S. The minimum Gasteiger partial charge on any atom is -0.313 e. The lowest BCUT2D eigenvalue weighted by molar-refractivity contribution is 0.172. The van der Waals surface area contributed by atoms with E-state index in [2.05, 4.69) is 42.4 Å². The number of halogens is 1. The second kappa shape index (κ2) is 7.07. The third-order valence-corrected chi connectivity index (χ3v) is 4.94. The highest BCUT2D eigenvalue weighted by Crippen LogP contribution is 2.29. The van der Waals surface area contributed by atoms with E-state index in [1.165, 1.54) is 24.9 Å². The minimum atomic E-state index is 0.452. The molecule has 1 N–H and O–H groups in total. The van der Waals surface area contributed by atoms with Crippen molar-refractivity contribution >= 4 is 22.9 Å². The van der Waals surface area contributed by atoms with Gasteiger partial charge in [0.1, 0.15) is 0 Å². The highest BCUT2D eigenvalue weighted by atomic mass is 35.5. The quantitative estimate of drug-likeness (QED) is 0.848. The van der Waals surface area contributed by atoms with Crippen LogP contribution in [0.3, 0.4) is 0 Å². The molecule has 19 heavy (non-hydrogen) atoms. The molecule has 1 fully saturated rings. The van der Waals surface area contributed by atoms with Crippen molar-refractivity contribution in [1.82, 2.24) is 10.2 Å². The first-order valence-electron chi connectivity index (χ1n) is 7.27. The Bertz CT molecular complexity index is 385. The Morgan fingerprint density at radius 3 is 2.79 bits per heavy atom. The molecule has 0 amide bonds. The number of rotatable bonds is 6. The topological polar surface area (TPSA) is 15.3 Å². The zero-order valence-electron chi connectivity index (χ0n) is 12.2. The molecule has 1 aromatic heterocycles. The highest BCUT2D eigenvalue weighted by molar-refractivity contribution is 7.14. The van der Waals surface area contributed by atoms with Crippen LogP contribution in [0.2, 0.25) is 4.34 Å². The largest absolute Gasteiger partial charge is 0.313 e. The number of nitrogens with zero attached hydrogens (tertiary/aromatic N) is 1. The zero-order valence-corrected chi connectivity index (χ0v) is 13.7. The van der Waals surface area contributed by atoms with Crippen LogP contribution in [-0.2, 0) is 0 Å². The van der Waals surface area contributed by atoms with Gasteiger partial charge in [0.05, 0.1) is 4.34 Å². The van der Waals surface area contributed by atoms with Crippen LogP contribution in [0.5, 0.6) is 0 Å². The van der Waals surface area contributed by atoms with Gasteiger partial charge in [-0.05, 0) is 49.2 Å².